The first-order valence-corrected chi connectivity index (χ1v) is 8.39. The Morgan fingerprint density at radius 3 is 2.76 bits per heavy atom. The molecule has 0 saturated carbocycles. The largest absolute Gasteiger partial charge is 0.469 e. The van der Waals surface area contributed by atoms with E-state index in [4.69, 9.17) is 20.8 Å². The van der Waals surface area contributed by atoms with Gasteiger partial charge in [0.05, 0.1) is 25.5 Å². The molecule has 0 aliphatic heterocycles. The number of guanidine groups is 1. The van der Waals surface area contributed by atoms with Crippen LogP contribution in [0.3, 0.4) is 0 Å². The van der Waals surface area contributed by atoms with Gasteiger partial charge in [-0.2, -0.15) is 0 Å². The number of furan rings is 1. The molecule has 7 heteroatoms. The van der Waals surface area contributed by atoms with Gasteiger partial charge >= 0.3 is 0 Å². The molecule has 2 N–H and O–H groups in total. The maximum Gasteiger partial charge on any atom is 0.191 e. The summed E-state index contributed by atoms with van der Waals surface area (Å²) in [7, 11) is 1.67. The van der Waals surface area contributed by atoms with Gasteiger partial charge in [0.15, 0.2) is 5.96 Å². The van der Waals surface area contributed by atoms with E-state index < -0.39 is 0 Å². The molecule has 1 aromatic carbocycles. The molecule has 138 valence electrons. The molecule has 1 unspecified atom stereocenters. The van der Waals surface area contributed by atoms with Crippen LogP contribution < -0.4 is 10.6 Å². The van der Waals surface area contributed by atoms with E-state index in [-0.39, 0.29) is 30.0 Å². The fraction of sp³-hybridized carbons (Fsp3) is 0.389. The van der Waals surface area contributed by atoms with Crippen molar-refractivity contribution >= 4 is 41.5 Å². The molecule has 0 aliphatic carbocycles. The van der Waals surface area contributed by atoms with Crippen molar-refractivity contribution in [3.05, 3.63) is 59.0 Å². The minimum atomic E-state index is 0. The summed E-state index contributed by atoms with van der Waals surface area (Å²) in [6.07, 6.45) is 2.47. The first-order chi connectivity index (χ1) is 11.7. The standard InChI is InChI=1S/C18H24ClN3O2.HI/c1-14(16-7-3-4-8-17(16)19)22-18(21-11-13-23-2)20-10-9-15-6-5-12-24-15;/h3-8,12,14H,9-11,13H2,1-2H3,(H2,20,21,22);1H. The molecule has 2 rings (SSSR count). The highest BCUT2D eigenvalue weighted by Crippen LogP contribution is 2.21. The maximum absolute atomic E-state index is 6.27. The Morgan fingerprint density at radius 2 is 2.08 bits per heavy atom. The number of benzene rings is 1. The van der Waals surface area contributed by atoms with Gasteiger partial charge in [-0.05, 0) is 30.7 Å². The normalized spacial score (nSPS) is 12.4. The highest BCUT2D eigenvalue weighted by atomic mass is 127. The third-order valence-corrected chi connectivity index (χ3v) is 3.88. The lowest BCUT2D eigenvalue weighted by Crippen LogP contribution is -2.40. The number of ether oxygens (including phenoxy) is 1. The van der Waals surface area contributed by atoms with Gasteiger partial charge in [-0.1, -0.05) is 29.8 Å². The van der Waals surface area contributed by atoms with Crippen molar-refractivity contribution in [1.82, 2.24) is 10.6 Å². The molecular formula is C18H25ClIN3O2. The zero-order valence-corrected chi connectivity index (χ0v) is 17.6. The number of nitrogens with zero attached hydrogens (tertiary/aromatic N) is 1. The molecule has 0 bridgehead atoms. The second kappa shape index (κ2) is 12.2. The lowest BCUT2D eigenvalue weighted by atomic mass is 10.1. The van der Waals surface area contributed by atoms with E-state index in [1.807, 2.05) is 36.4 Å². The number of halogens is 2. The molecule has 25 heavy (non-hydrogen) atoms. The van der Waals surface area contributed by atoms with Crippen molar-refractivity contribution < 1.29 is 9.15 Å². The zero-order valence-electron chi connectivity index (χ0n) is 14.5. The van der Waals surface area contributed by atoms with Crippen molar-refractivity contribution in [3.8, 4) is 0 Å². The van der Waals surface area contributed by atoms with Gasteiger partial charge in [0.1, 0.15) is 5.76 Å². The third kappa shape index (κ3) is 7.66. The molecule has 0 spiro atoms. The van der Waals surface area contributed by atoms with Gasteiger partial charge in [0.2, 0.25) is 0 Å². The lowest BCUT2D eigenvalue weighted by Gasteiger charge is -2.19. The van der Waals surface area contributed by atoms with Crippen LogP contribution in [-0.4, -0.2) is 32.8 Å². The molecule has 0 radical (unpaired) electrons. The summed E-state index contributed by atoms with van der Waals surface area (Å²) in [5.74, 6) is 1.67. The first-order valence-electron chi connectivity index (χ1n) is 8.01. The fourth-order valence-electron chi connectivity index (χ4n) is 2.27. The number of nitrogens with one attached hydrogen (secondary N) is 2. The molecule has 0 amide bonds. The number of aliphatic imine (C=N–C) groups is 1. The molecule has 0 saturated heterocycles. The zero-order chi connectivity index (χ0) is 17.2. The predicted molar refractivity (Wildman–Crippen MR) is 113 cm³/mol. The smallest absolute Gasteiger partial charge is 0.191 e. The summed E-state index contributed by atoms with van der Waals surface area (Å²) in [4.78, 5) is 4.52. The number of hydrogen-bond acceptors (Lipinski definition) is 3. The van der Waals surface area contributed by atoms with Crippen LogP contribution in [0.4, 0.5) is 0 Å². The summed E-state index contributed by atoms with van der Waals surface area (Å²) < 4.78 is 10.4. The van der Waals surface area contributed by atoms with Gasteiger partial charge in [-0.3, -0.25) is 4.99 Å². The van der Waals surface area contributed by atoms with Crippen LogP contribution in [0.2, 0.25) is 5.02 Å². The van der Waals surface area contributed by atoms with Crippen LogP contribution in [-0.2, 0) is 11.2 Å². The van der Waals surface area contributed by atoms with Crippen LogP contribution in [0.5, 0.6) is 0 Å². The Balaban J connectivity index is 0.00000312. The van der Waals surface area contributed by atoms with Crippen LogP contribution in [0, 0.1) is 0 Å². The van der Waals surface area contributed by atoms with Crippen molar-refractivity contribution in [1.29, 1.82) is 0 Å². The van der Waals surface area contributed by atoms with E-state index in [0.29, 0.717) is 13.2 Å². The quantitative estimate of drug-likeness (QED) is 0.261. The average Bonchev–Trinajstić information content (AvgIpc) is 3.08. The molecule has 0 aliphatic rings. The van der Waals surface area contributed by atoms with Crippen LogP contribution >= 0.6 is 35.6 Å². The second-order valence-corrected chi connectivity index (χ2v) is 5.77. The molecule has 1 heterocycles. The molecule has 1 atom stereocenters. The van der Waals surface area contributed by atoms with Crippen molar-refractivity contribution in [2.24, 2.45) is 4.99 Å². The van der Waals surface area contributed by atoms with Gasteiger partial charge in [-0.25, -0.2) is 0 Å². The number of hydrogen-bond donors (Lipinski definition) is 2. The van der Waals surface area contributed by atoms with E-state index in [0.717, 1.165) is 35.3 Å². The van der Waals surface area contributed by atoms with E-state index in [1.54, 1.807) is 13.4 Å². The van der Waals surface area contributed by atoms with Crippen LogP contribution in [0.15, 0.2) is 52.1 Å². The molecular weight excluding hydrogens is 453 g/mol. The first kappa shape index (κ1) is 21.8. The Morgan fingerprint density at radius 1 is 1.28 bits per heavy atom. The van der Waals surface area contributed by atoms with Gasteiger partial charge in [-0.15, -0.1) is 24.0 Å². The van der Waals surface area contributed by atoms with E-state index in [1.165, 1.54) is 0 Å². The van der Waals surface area contributed by atoms with Crippen molar-refractivity contribution in [2.75, 3.05) is 26.8 Å². The minimum Gasteiger partial charge on any atom is -0.469 e. The van der Waals surface area contributed by atoms with Crippen LogP contribution in [0.25, 0.3) is 0 Å². The summed E-state index contributed by atoms with van der Waals surface area (Å²) in [6, 6.07) is 11.7. The SMILES string of the molecule is COCCN=C(NCCc1ccco1)NC(C)c1ccccc1Cl.I. The second-order valence-electron chi connectivity index (χ2n) is 5.37. The molecule has 5 nitrogen and oxygen atoms in total. The summed E-state index contributed by atoms with van der Waals surface area (Å²) in [6.45, 7) is 3.94. The van der Waals surface area contributed by atoms with Crippen molar-refractivity contribution in [3.63, 3.8) is 0 Å². The topological polar surface area (TPSA) is 58.8 Å². The summed E-state index contributed by atoms with van der Waals surface area (Å²) in [5, 5.41) is 7.44. The van der Waals surface area contributed by atoms with Crippen LogP contribution in [0.1, 0.15) is 24.3 Å². The number of methoxy groups -OCH3 is 1. The molecule has 2 aromatic rings. The maximum atomic E-state index is 6.27. The van der Waals surface area contributed by atoms with Crippen molar-refractivity contribution in [2.45, 2.75) is 19.4 Å². The Hall–Kier alpha value is -1.25. The fourth-order valence-corrected chi connectivity index (χ4v) is 2.57. The van der Waals surface area contributed by atoms with Gasteiger partial charge < -0.3 is 19.8 Å². The third-order valence-electron chi connectivity index (χ3n) is 3.53. The van der Waals surface area contributed by atoms with E-state index in [2.05, 4.69) is 22.5 Å². The van der Waals surface area contributed by atoms with E-state index >= 15 is 0 Å². The minimum absolute atomic E-state index is 0. The highest BCUT2D eigenvalue weighted by molar-refractivity contribution is 14.0. The van der Waals surface area contributed by atoms with Gasteiger partial charge in [0.25, 0.3) is 0 Å². The highest BCUT2D eigenvalue weighted by Gasteiger charge is 2.11. The average molecular weight is 478 g/mol. The summed E-state index contributed by atoms with van der Waals surface area (Å²) in [5.41, 5.74) is 1.03. The molecule has 0 fully saturated rings. The Bertz CT molecular complexity index is 635. The Labute approximate surface area is 171 Å². The Kier molecular flexibility index (Phi) is 10.6. The lowest BCUT2D eigenvalue weighted by molar-refractivity contribution is 0.208. The molecule has 1 aromatic heterocycles. The number of rotatable bonds is 8. The predicted octanol–water partition coefficient (Wildman–Crippen LogP) is 4.04. The monoisotopic (exact) mass is 477 g/mol. The van der Waals surface area contributed by atoms with E-state index in [9.17, 15) is 0 Å². The summed E-state index contributed by atoms with van der Waals surface area (Å²) >= 11 is 6.27. The van der Waals surface area contributed by atoms with Gasteiger partial charge in [0, 0.05) is 25.1 Å².